The van der Waals surface area contributed by atoms with Gasteiger partial charge in [-0.1, -0.05) is 42.0 Å². The van der Waals surface area contributed by atoms with Gasteiger partial charge >= 0.3 is 0 Å². The Bertz CT molecular complexity index is 1220. The van der Waals surface area contributed by atoms with Crippen molar-refractivity contribution >= 4 is 22.1 Å². The number of aromatic nitrogens is 2. The molecule has 1 aliphatic heterocycles. The van der Waals surface area contributed by atoms with Gasteiger partial charge in [0.15, 0.2) is 0 Å². The summed E-state index contributed by atoms with van der Waals surface area (Å²) >= 11 is 0. The summed E-state index contributed by atoms with van der Waals surface area (Å²) in [6, 6.07) is 16.4. The maximum atomic E-state index is 12.5. The number of nitrogens with one attached hydrogen (secondary N) is 1. The average Bonchev–Trinajstić information content (AvgIpc) is 3.09. The highest BCUT2D eigenvalue weighted by Crippen LogP contribution is 2.24. The highest BCUT2D eigenvalue weighted by molar-refractivity contribution is 6.01. The van der Waals surface area contributed by atoms with Crippen LogP contribution in [0.1, 0.15) is 17.0 Å². The van der Waals surface area contributed by atoms with E-state index in [1.807, 2.05) is 24.3 Å². The minimum absolute atomic E-state index is 0.209. The maximum absolute atomic E-state index is 12.5. The first-order valence-corrected chi connectivity index (χ1v) is 10.1. The molecule has 0 atom stereocenters. The van der Waals surface area contributed by atoms with Gasteiger partial charge in [-0.05, 0) is 24.6 Å². The van der Waals surface area contributed by atoms with Crippen molar-refractivity contribution in [2.45, 2.75) is 20.0 Å². The van der Waals surface area contributed by atoms with E-state index in [4.69, 9.17) is 9.40 Å². The lowest BCUT2D eigenvalue weighted by atomic mass is 10.1. The summed E-state index contributed by atoms with van der Waals surface area (Å²) in [4.78, 5) is 24.9. The summed E-state index contributed by atoms with van der Waals surface area (Å²) in [6.45, 7) is 7.69. The summed E-state index contributed by atoms with van der Waals surface area (Å²) in [5, 5.41) is 0.887. The van der Waals surface area contributed by atoms with Crippen LogP contribution in [0.25, 0.3) is 22.1 Å². The Balaban J connectivity index is 1.28. The molecule has 6 nitrogen and oxygen atoms in total. The van der Waals surface area contributed by atoms with Crippen molar-refractivity contribution in [3.8, 4) is 0 Å². The van der Waals surface area contributed by atoms with E-state index in [1.54, 1.807) is 0 Å². The van der Waals surface area contributed by atoms with Crippen LogP contribution in [0.5, 0.6) is 0 Å². The van der Waals surface area contributed by atoms with E-state index in [0.29, 0.717) is 29.1 Å². The first kappa shape index (κ1) is 18.1. The fourth-order valence-corrected chi connectivity index (χ4v) is 4.11. The van der Waals surface area contributed by atoms with Gasteiger partial charge in [0, 0.05) is 38.1 Å². The monoisotopic (exact) mass is 388 g/mol. The van der Waals surface area contributed by atoms with Crippen LogP contribution in [0, 0.1) is 6.92 Å². The van der Waals surface area contributed by atoms with Crippen LogP contribution in [0.3, 0.4) is 0 Å². The zero-order chi connectivity index (χ0) is 19.8. The Hall–Kier alpha value is -2.96. The quantitative estimate of drug-likeness (QED) is 0.581. The second-order valence-corrected chi connectivity index (χ2v) is 7.83. The Morgan fingerprint density at radius 1 is 1.00 bits per heavy atom. The number of para-hydroxylation sites is 1. The molecule has 2 aromatic heterocycles. The molecule has 0 saturated carbocycles. The van der Waals surface area contributed by atoms with Crippen molar-refractivity contribution in [3.05, 3.63) is 75.8 Å². The topological polar surface area (TPSA) is 65.4 Å². The summed E-state index contributed by atoms with van der Waals surface area (Å²) in [5.74, 6) is 0.696. The molecule has 0 radical (unpaired) electrons. The van der Waals surface area contributed by atoms with Crippen LogP contribution in [0.2, 0.25) is 0 Å². The SMILES string of the molecule is Cc1cccc(CN2CCN(Cc3nc4c(oc5ccccc54)c(=O)[nH]3)CC2)c1. The zero-order valence-electron chi connectivity index (χ0n) is 16.5. The fourth-order valence-electron chi connectivity index (χ4n) is 4.11. The number of aryl methyl sites for hydroxylation is 1. The molecule has 4 aromatic rings. The number of aromatic amines is 1. The van der Waals surface area contributed by atoms with Crippen molar-refractivity contribution in [1.29, 1.82) is 0 Å². The predicted molar refractivity (Wildman–Crippen MR) is 114 cm³/mol. The second kappa shape index (κ2) is 7.46. The molecule has 0 unspecified atom stereocenters. The van der Waals surface area contributed by atoms with Gasteiger partial charge in [0.2, 0.25) is 5.58 Å². The zero-order valence-corrected chi connectivity index (χ0v) is 16.5. The lowest BCUT2D eigenvalue weighted by Gasteiger charge is -2.34. The van der Waals surface area contributed by atoms with Crippen molar-refractivity contribution in [3.63, 3.8) is 0 Å². The van der Waals surface area contributed by atoms with E-state index >= 15 is 0 Å². The van der Waals surface area contributed by atoms with Crippen molar-refractivity contribution in [1.82, 2.24) is 19.8 Å². The van der Waals surface area contributed by atoms with E-state index in [-0.39, 0.29) is 5.56 Å². The first-order chi connectivity index (χ1) is 14.2. The molecular formula is C23H24N4O2. The molecule has 5 rings (SSSR count). The molecule has 1 aliphatic rings. The second-order valence-electron chi connectivity index (χ2n) is 7.83. The lowest BCUT2D eigenvalue weighted by Crippen LogP contribution is -2.45. The number of hydrogen-bond acceptors (Lipinski definition) is 5. The highest BCUT2D eigenvalue weighted by atomic mass is 16.3. The van der Waals surface area contributed by atoms with E-state index in [0.717, 1.165) is 38.1 Å². The number of benzene rings is 2. The number of piperazine rings is 1. The minimum atomic E-state index is -0.209. The van der Waals surface area contributed by atoms with E-state index < -0.39 is 0 Å². The van der Waals surface area contributed by atoms with Gasteiger partial charge in [0.05, 0.1) is 6.54 Å². The van der Waals surface area contributed by atoms with Gasteiger partial charge in [-0.25, -0.2) is 4.98 Å². The van der Waals surface area contributed by atoms with Crippen LogP contribution in [-0.2, 0) is 13.1 Å². The first-order valence-electron chi connectivity index (χ1n) is 10.1. The summed E-state index contributed by atoms with van der Waals surface area (Å²) in [6.07, 6.45) is 0. The summed E-state index contributed by atoms with van der Waals surface area (Å²) in [7, 11) is 0. The third kappa shape index (κ3) is 3.69. The van der Waals surface area contributed by atoms with Crippen molar-refractivity contribution in [2.75, 3.05) is 26.2 Å². The molecule has 148 valence electrons. The van der Waals surface area contributed by atoms with E-state index in [2.05, 4.69) is 46.0 Å². The smallest absolute Gasteiger partial charge is 0.294 e. The van der Waals surface area contributed by atoms with Gasteiger partial charge in [0.25, 0.3) is 5.56 Å². The average molecular weight is 388 g/mol. The molecule has 2 aromatic carbocycles. The number of H-pyrrole nitrogens is 1. The minimum Gasteiger partial charge on any atom is -0.449 e. The van der Waals surface area contributed by atoms with Gasteiger partial charge in [-0.3, -0.25) is 14.6 Å². The molecule has 0 aliphatic carbocycles. The third-order valence-electron chi connectivity index (χ3n) is 5.61. The maximum Gasteiger partial charge on any atom is 0.294 e. The van der Waals surface area contributed by atoms with E-state index in [9.17, 15) is 4.79 Å². The molecule has 0 amide bonds. The number of nitrogens with zero attached hydrogens (tertiary/aromatic N) is 3. The van der Waals surface area contributed by atoms with Crippen LogP contribution < -0.4 is 5.56 Å². The Morgan fingerprint density at radius 3 is 2.55 bits per heavy atom. The third-order valence-corrected chi connectivity index (χ3v) is 5.61. The molecule has 29 heavy (non-hydrogen) atoms. The van der Waals surface area contributed by atoms with Crippen molar-refractivity contribution < 1.29 is 4.42 Å². The molecule has 6 heteroatoms. The molecule has 3 heterocycles. The number of rotatable bonds is 4. The van der Waals surface area contributed by atoms with E-state index in [1.165, 1.54) is 11.1 Å². The molecular weight excluding hydrogens is 364 g/mol. The van der Waals surface area contributed by atoms with Gasteiger partial charge < -0.3 is 9.40 Å². The normalized spacial score (nSPS) is 16.0. The molecule has 1 N–H and O–H groups in total. The molecule has 1 fully saturated rings. The fraction of sp³-hybridized carbons (Fsp3) is 0.304. The Kier molecular flexibility index (Phi) is 4.66. The van der Waals surface area contributed by atoms with Crippen LogP contribution >= 0.6 is 0 Å². The predicted octanol–water partition coefficient (Wildman–Crippen LogP) is 3.30. The highest BCUT2D eigenvalue weighted by Gasteiger charge is 2.19. The number of furan rings is 1. The Labute approximate surface area is 168 Å². The van der Waals surface area contributed by atoms with Crippen LogP contribution in [-0.4, -0.2) is 45.9 Å². The molecule has 1 saturated heterocycles. The van der Waals surface area contributed by atoms with Gasteiger partial charge in [-0.2, -0.15) is 0 Å². The van der Waals surface area contributed by atoms with Crippen molar-refractivity contribution in [2.24, 2.45) is 0 Å². The standard InChI is InChI=1S/C23H24N4O2/c1-16-5-4-6-17(13-16)14-26-9-11-27(12-10-26)15-20-24-21-18-7-2-3-8-19(18)29-22(21)23(28)25-20/h2-8,13H,9-12,14-15H2,1H3,(H,24,25,28). The molecule has 0 spiro atoms. The Morgan fingerprint density at radius 2 is 1.76 bits per heavy atom. The number of fused-ring (bicyclic) bond motifs is 3. The summed E-state index contributed by atoms with van der Waals surface area (Å²) < 4.78 is 5.68. The summed E-state index contributed by atoms with van der Waals surface area (Å²) in [5.41, 5.74) is 4.11. The number of hydrogen-bond donors (Lipinski definition) is 1. The molecule has 0 bridgehead atoms. The van der Waals surface area contributed by atoms with Crippen LogP contribution in [0.4, 0.5) is 0 Å². The van der Waals surface area contributed by atoms with Gasteiger partial charge in [-0.15, -0.1) is 0 Å². The largest absolute Gasteiger partial charge is 0.449 e. The van der Waals surface area contributed by atoms with Crippen LogP contribution in [0.15, 0.2) is 57.7 Å². The van der Waals surface area contributed by atoms with Gasteiger partial charge in [0.1, 0.15) is 16.9 Å². The lowest BCUT2D eigenvalue weighted by molar-refractivity contribution is 0.120.